The van der Waals surface area contributed by atoms with Crippen LogP contribution >= 0.6 is 0 Å². The van der Waals surface area contributed by atoms with Gasteiger partial charge in [-0.1, -0.05) is 0 Å². The molecule has 0 radical (unpaired) electrons. The van der Waals surface area contributed by atoms with Crippen LogP contribution in [-0.2, 0) is 0 Å². The van der Waals surface area contributed by atoms with Crippen molar-refractivity contribution in [3.63, 3.8) is 0 Å². The van der Waals surface area contributed by atoms with Crippen LogP contribution in [0.2, 0.25) is 0 Å². The summed E-state index contributed by atoms with van der Waals surface area (Å²) >= 11 is 0. The van der Waals surface area contributed by atoms with Gasteiger partial charge in [-0.2, -0.15) is 0 Å². The Kier molecular flexibility index (Phi) is 10.6. The number of halogens is 1. The molecule has 2 fully saturated rings. The smallest absolute Gasteiger partial charge is 0.269 e. The van der Waals surface area contributed by atoms with Crippen LogP contribution in [0.25, 0.3) is 0 Å². The van der Waals surface area contributed by atoms with E-state index in [0.29, 0.717) is 0 Å². The molecule has 0 amide bonds. The van der Waals surface area contributed by atoms with Gasteiger partial charge >= 0.3 is 0 Å². The second kappa shape index (κ2) is 13.4. The van der Waals surface area contributed by atoms with Crippen molar-refractivity contribution in [1.82, 2.24) is 15.1 Å². The van der Waals surface area contributed by atoms with Gasteiger partial charge in [0.15, 0.2) is 0 Å². The Morgan fingerprint density at radius 3 is 1.55 bits per heavy atom. The number of likely N-dealkylation sites (N-methyl/N-ethyl adjacent to an activating group) is 2. The van der Waals surface area contributed by atoms with Crippen molar-refractivity contribution >= 4 is 17.1 Å². The van der Waals surface area contributed by atoms with Gasteiger partial charge < -0.3 is 20.0 Å². The third-order valence-corrected chi connectivity index (χ3v) is 5.31. The molecule has 180 valence electrons. The summed E-state index contributed by atoms with van der Waals surface area (Å²) in [6, 6.07) is 11.1. The topological polar surface area (TPSA) is 108 Å². The first kappa shape index (κ1) is 26.1. The van der Waals surface area contributed by atoms with Crippen molar-refractivity contribution in [3.8, 4) is 0 Å². The van der Waals surface area contributed by atoms with Crippen LogP contribution in [-0.4, -0.2) is 86.1 Å². The zero-order chi connectivity index (χ0) is 24.2. The highest BCUT2D eigenvalue weighted by molar-refractivity contribution is 5.51. The molecule has 0 aliphatic carbocycles. The van der Waals surface area contributed by atoms with Crippen molar-refractivity contribution in [1.29, 1.82) is 0 Å². The lowest BCUT2D eigenvalue weighted by Gasteiger charge is -2.33. The molecule has 0 atom stereocenters. The molecular formula is C22H31FN6O4. The minimum atomic E-state index is -0.570. The second-order valence-corrected chi connectivity index (χ2v) is 7.85. The zero-order valence-electron chi connectivity index (χ0n) is 19.0. The summed E-state index contributed by atoms with van der Waals surface area (Å²) in [4.78, 5) is 26.4. The molecular weight excluding hydrogens is 431 g/mol. The van der Waals surface area contributed by atoms with Gasteiger partial charge in [0.1, 0.15) is 5.82 Å². The number of hydrogen-bond donors (Lipinski definition) is 1. The number of nitro groups is 2. The van der Waals surface area contributed by atoms with E-state index >= 15 is 0 Å². The molecule has 2 aliphatic heterocycles. The minimum absolute atomic E-state index is 0.0959. The molecule has 0 unspecified atom stereocenters. The average Bonchev–Trinajstić information content (AvgIpc) is 2.81. The summed E-state index contributed by atoms with van der Waals surface area (Å²) in [6.07, 6.45) is 0. The van der Waals surface area contributed by atoms with Crippen LogP contribution in [0.15, 0.2) is 48.5 Å². The van der Waals surface area contributed by atoms with Crippen molar-refractivity contribution < 1.29 is 14.2 Å². The van der Waals surface area contributed by atoms with E-state index < -0.39 is 10.7 Å². The third-order valence-electron chi connectivity index (χ3n) is 5.31. The highest BCUT2D eigenvalue weighted by atomic mass is 19.1. The van der Waals surface area contributed by atoms with Gasteiger partial charge in [0.25, 0.3) is 11.4 Å². The van der Waals surface area contributed by atoms with Crippen LogP contribution in [0.1, 0.15) is 0 Å². The average molecular weight is 463 g/mol. The first-order chi connectivity index (χ1) is 15.8. The van der Waals surface area contributed by atoms with Gasteiger partial charge in [-0.05, 0) is 38.4 Å². The molecule has 33 heavy (non-hydrogen) atoms. The Labute approximate surface area is 192 Å². The summed E-state index contributed by atoms with van der Waals surface area (Å²) in [5.41, 5.74) is 1.12. The Hall–Kier alpha value is -3.15. The van der Waals surface area contributed by atoms with Gasteiger partial charge in [-0.25, -0.2) is 4.39 Å². The normalized spacial score (nSPS) is 16.6. The van der Waals surface area contributed by atoms with Crippen molar-refractivity contribution in [2.75, 3.05) is 71.4 Å². The molecule has 11 heteroatoms. The number of hydrogen-bond acceptors (Lipinski definition) is 8. The standard InChI is InChI=1S/C11H15N3O2.C6H4FNO2.C5H12N2/c1-12-6-8-13(9-7-12)10-2-4-11(5-3-10)14(15)16;7-5-1-3-6(4-2-5)8(9)10;1-7-4-2-6-3-5-7/h2-5H,6-9H2,1H3;1-4H;6H,2-5H2,1H3. The maximum Gasteiger partial charge on any atom is 0.269 e. The zero-order valence-corrected chi connectivity index (χ0v) is 19.0. The minimum Gasteiger partial charge on any atom is -0.369 e. The SMILES string of the molecule is CN1CCN(c2ccc([N+](=O)[O-])cc2)CC1.CN1CCNCC1.O=[N+]([O-])c1ccc(F)cc1. The number of nitrogens with one attached hydrogen (secondary N) is 1. The van der Waals surface area contributed by atoms with Crippen LogP contribution in [0.5, 0.6) is 0 Å². The lowest BCUT2D eigenvalue weighted by molar-refractivity contribution is -0.385. The van der Waals surface area contributed by atoms with E-state index in [-0.39, 0.29) is 16.3 Å². The van der Waals surface area contributed by atoms with E-state index in [1.165, 1.54) is 13.1 Å². The predicted molar refractivity (Wildman–Crippen MR) is 126 cm³/mol. The maximum atomic E-state index is 12.1. The molecule has 2 heterocycles. The number of non-ortho nitro benzene ring substituents is 2. The lowest BCUT2D eigenvalue weighted by Crippen LogP contribution is -2.44. The van der Waals surface area contributed by atoms with Gasteiger partial charge in [0, 0.05) is 82.3 Å². The molecule has 2 aromatic rings. The summed E-state index contributed by atoms with van der Waals surface area (Å²) in [6.45, 7) is 8.78. The number of piperazine rings is 2. The fraction of sp³-hybridized carbons (Fsp3) is 0.455. The van der Waals surface area contributed by atoms with E-state index in [1.54, 1.807) is 12.1 Å². The highest BCUT2D eigenvalue weighted by Crippen LogP contribution is 2.20. The number of nitro benzene ring substituents is 2. The van der Waals surface area contributed by atoms with E-state index in [0.717, 1.165) is 69.2 Å². The first-order valence-corrected chi connectivity index (χ1v) is 10.7. The molecule has 0 bridgehead atoms. The van der Waals surface area contributed by atoms with E-state index in [1.807, 2.05) is 12.1 Å². The first-order valence-electron chi connectivity index (χ1n) is 10.7. The molecule has 1 N–H and O–H groups in total. The maximum absolute atomic E-state index is 12.1. The Bertz CT molecular complexity index is 867. The van der Waals surface area contributed by atoms with Crippen LogP contribution in [0, 0.1) is 26.0 Å². The van der Waals surface area contributed by atoms with E-state index in [2.05, 4.69) is 34.1 Å². The van der Waals surface area contributed by atoms with Crippen molar-refractivity contribution in [2.45, 2.75) is 0 Å². The van der Waals surface area contributed by atoms with Gasteiger partial charge in [-0.3, -0.25) is 20.2 Å². The Morgan fingerprint density at radius 1 is 0.727 bits per heavy atom. The molecule has 2 saturated heterocycles. The molecule has 0 spiro atoms. The molecule has 0 saturated carbocycles. The van der Waals surface area contributed by atoms with Crippen molar-refractivity contribution in [3.05, 3.63) is 74.6 Å². The summed E-state index contributed by atoms with van der Waals surface area (Å²) in [5.74, 6) is -0.467. The van der Waals surface area contributed by atoms with Crippen LogP contribution < -0.4 is 10.2 Å². The largest absolute Gasteiger partial charge is 0.369 e. The van der Waals surface area contributed by atoms with E-state index in [9.17, 15) is 24.6 Å². The predicted octanol–water partition coefficient (Wildman–Crippen LogP) is 2.60. The van der Waals surface area contributed by atoms with E-state index in [4.69, 9.17) is 0 Å². The summed E-state index contributed by atoms with van der Waals surface area (Å²) in [5, 5.41) is 23.8. The molecule has 10 nitrogen and oxygen atoms in total. The van der Waals surface area contributed by atoms with Crippen LogP contribution in [0.4, 0.5) is 21.5 Å². The number of rotatable bonds is 3. The fourth-order valence-electron chi connectivity index (χ4n) is 3.19. The monoisotopic (exact) mass is 462 g/mol. The highest BCUT2D eigenvalue weighted by Gasteiger charge is 2.15. The summed E-state index contributed by atoms with van der Waals surface area (Å²) < 4.78 is 12.1. The number of anilines is 1. The number of benzene rings is 2. The lowest BCUT2D eigenvalue weighted by atomic mass is 10.2. The van der Waals surface area contributed by atoms with Gasteiger partial charge in [0.05, 0.1) is 9.85 Å². The molecule has 4 rings (SSSR count). The number of nitrogens with zero attached hydrogens (tertiary/aromatic N) is 5. The fourth-order valence-corrected chi connectivity index (χ4v) is 3.19. The quantitative estimate of drug-likeness (QED) is 0.548. The molecule has 0 aromatic heterocycles. The van der Waals surface area contributed by atoms with Gasteiger partial charge in [0.2, 0.25) is 0 Å². The second-order valence-electron chi connectivity index (χ2n) is 7.85. The Morgan fingerprint density at radius 2 is 1.15 bits per heavy atom. The Balaban J connectivity index is 0.000000193. The third kappa shape index (κ3) is 9.48. The molecule has 2 aromatic carbocycles. The van der Waals surface area contributed by atoms with Crippen molar-refractivity contribution in [2.24, 2.45) is 0 Å². The van der Waals surface area contributed by atoms with Crippen LogP contribution in [0.3, 0.4) is 0 Å². The van der Waals surface area contributed by atoms with Gasteiger partial charge in [-0.15, -0.1) is 0 Å². The molecule has 2 aliphatic rings. The summed E-state index contributed by atoms with van der Waals surface area (Å²) in [7, 11) is 4.26.